The number of ether oxygens (including phenoxy) is 2. The zero-order valence-corrected chi connectivity index (χ0v) is 16.0. The van der Waals surface area contributed by atoms with Crippen LogP contribution in [-0.4, -0.2) is 25.2 Å². The van der Waals surface area contributed by atoms with Crippen LogP contribution in [0.3, 0.4) is 0 Å². The molecule has 2 rings (SSSR count). The van der Waals surface area contributed by atoms with Crippen molar-refractivity contribution in [2.75, 3.05) is 7.11 Å². The van der Waals surface area contributed by atoms with Crippen LogP contribution in [0.15, 0.2) is 23.8 Å². The Morgan fingerprint density at radius 1 is 1.35 bits per heavy atom. The number of rotatable bonds is 6. The maximum atomic E-state index is 12.6. The third-order valence-corrected chi connectivity index (χ3v) is 4.68. The predicted octanol–water partition coefficient (Wildman–Crippen LogP) is 4.08. The summed E-state index contributed by atoms with van der Waals surface area (Å²) in [6, 6.07) is 7.58. The molecule has 1 aliphatic carbocycles. The van der Waals surface area contributed by atoms with Crippen LogP contribution in [0.2, 0.25) is 0 Å². The quantitative estimate of drug-likeness (QED) is 0.616. The summed E-state index contributed by atoms with van der Waals surface area (Å²) in [6.07, 6.45) is 5.91. The van der Waals surface area contributed by atoms with Crippen molar-refractivity contribution < 1.29 is 14.3 Å². The van der Waals surface area contributed by atoms with Crippen molar-refractivity contribution in [3.05, 3.63) is 29.3 Å². The number of carbonyl (C=O) groups excluding carboxylic acids is 1. The molecule has 5 nitrogen and oxygen atoms in total. The van der Waals surface area contributed by atoms with Gasteiger partial charge in [0.1, 0.15) is 11.6 Å². The lowest BCUT2D eigenvalue weighted by atomic mass is 9.86. The van der Waals surface area contributed by atoms with E-state index in [0.717, 1.165) is 19.3 Å². The summed E-state index contributed by atoms with van der Waals surface area (Å²) in [6.45, 7) is 5.99. The second kappa shape index (κ2) is 9.28. The van der Waals surface area contributed by atoms with Crippen LogP contribution < -0.4 is 14.8 Å². The minimum Gasteiger partial charge on any atom is -0.493 e. The zero-order chi connectivity index (χ0) is 19.1. The minimum atomic E-state index is -0.329. The standard InChI is InChI=1S/C21H28N2O3/c1-14(2)26-20-16(9-7-11-19(20)25-4)12-17(13-22)21(24)23-18-10-6-5-8-15(18)3/h7,9,11-12,14-15,18H,5-6,8,10H2,1-4H3,(H,23,24)/b17-12+/t15-,18+/m1/s1. The van der Waals surface area contributed by atoms with Crippen LogP contribution >= 0.6 is 0 Å². The first-order valence-corrected chi connectivity index (χ1v) is 9.22. The lowest BCUT2D eigenvalue weighted by Gasteiger charge is -2.29. The highest BCUT2D eigenvalue weighted by molar-refractivity contribution is 6.02. The molecular weight excluding hydrogens is 328 g/mol. The number of carbonyl (C=O) groups is 1. The van der Waals surface area contributed by atoms with Crippen molar-refractivity contribution in [2.24, 2.45) is 5.92 Å². The number of methoxy groups -OCH3 is 1. The summed E-state index contributed by atoms with van der Waals surface area (Å²) in [5.41, 5.74) is 0.728. The number of amides is 1. The fraction of sp³-hybridized carbons (Fsp3) is 0.524. The maximum Gasteiger partial charge on any atom is 0.262 e. The molecule has 0 heterocycles. The lowest BCUT2D eigenvalue weighted by Crippen LogP contribution is -2.41. The molecule has 1 aliphatic rings. The van der Waals surface area contributed by atoms with Gasteiger partial charge in [0.25, 0.3) is 5.91 Å². The zero-order valence-electron chi connectivity index (χ0n) is 16.0. The molecule has 1 amide bonds. The van der Waals surface area contributed by atoms with Crippen LogP contribution in [0.5, 0.6) is 11.5 Å². The van der Waals surface area contributed by atoms with Gasteiger partial charge in [-0.1, -0.05) is 31.9 Å². The minimum absolute atomic E-state index is 0.0547. The van der Waals surface area contributed by atoms with Crippen LogP contribution in [0.25, 0.3) is 6.08 Å². The molecule has 1 saturated carbocycles. The Balaban J connectivity index is 2.27. The van der Waals surface area contributed by atoms with E-state index in [1.165, 1.54) is 6.42 Å². The first kappa shape index (κ1) is 19.8. The SMILES string of the molecule is COc1cccc(/C=C(\C#N)C(=O)N[C@H]2CCCC[C@H]2C)c1OC(C)C. The predicted molar refractivity (Wildman–Crippen MR) is 102 cm³/mol. The second-order valence-electron chi connectivity index (χ2n) is 7.06. The fourth-order valence-corrected chi connectivity index (χ4v) is 3.25. The topological polar surface area (TPSA) is 71.3 Å². The van der Waals surface area contributed by atoms with Gasteiger partial charge in [0, 0.05) is 11.6 Å². The summed E-state index contributed by atoms with van der Waals surface area (Å²) in [4.78, 5) is 12.6. The average Bonchev–Trinajstić information content (AvgIpc) is 2.62. The van der Waals surface area contributed by atoms with Crippen molar-refractivity contribution >= 4 is 12.0 Å². The van der Waals surface area contributed by atoms with E-state index in [4.69, 9.17) is 9.47 Å². The first-order valence-electron chi connectivity index (χ1n) is 9.22. The number of nitrogens with one attached hydrogen (secondary N) is 1. The van der Waals surface area contributed by atoms with Crippen LogP contribution in [-0.2, 0) is 4.79 Å². The van der Waals surface area contributed by atoms with Gasteiger partial charge in [-0.15, -0.1) is 0 Å². The molecule has 0 aromatic heterocycles. The van der Waals surface area contributed by atoms with E-state index in [9.17, 15) is 10.1 Å². The van der Waals surface area contributed by atoms with Crippen LogP contribution in [0.1, 0.15) is 52.0 Å². The van der Waals surface area contributed by atoms with Gasteiger partial charge >= 0.3 is 0 Å². The molecule has 1 fully saturated rings. The molecule has 5 heteroatoms. The Bertz CT molecular complexity index is 704. The largest absolute Gasteiger partial charge is 0.493 e. The van der Waals surface area contributed by atoms with E-state index in [2.05, 4.69) is 12.2 Å². The second-order valence-corrected chi connectivity index (χ2v) is 7.06. The van der Waals surface area contributed by atoms with Gasteiger partial charge in [-0.3, -0.25) is 4.79 Å². The van der Waals surface area contributed by atoms with E-state index in [0.29, 0.717) is 23.0 Å². The van der Waals surface area contributed by atoms with Crippen molar-refractivity contribution in [2.45, 2.75) is 58.6 Å². The monoisotopic (exact) mass is 356 g/mol. The molecule has 0 bridgehead atoms. The third-order valence-electron chi connectivity index (χ3n) is 4.68. The van der Waals surface area contributed by atoms with Gasteiger partial charge in [-0.05, 0) is 44.7 Å². The Morgan fingerprint density at radius 3 is 2.69 bits per heavy atom. The first-order chi connectivity index (χ1) is 12.5. The smallest absolute Gasteiger partial charge is 0.262 e. The summed E-state index contributed by atoms with van der Waals surface area (Å²) in [5, 5.41) is 12.5. The molecule has 0 radical (unpaired) electrons. The third kappa shape index (κ3) is 5.01. The van der Waals surface area contributed by atoms with E-state index in [1.54, 1.807) is 19.3 Å². The summed E-state index contributed by atoms with van der Waals surface area (Å²) >= 11 is 0. The maximum absolute atomic E-state index is 12.6. The van der Waals surface area contributed by atoms with Crippen molar-refractivity contribution in [3.63, 3.8) is 0 Å². The van der Waals surface area contributed by atoms with Crippen molar-refractivity contribution in [1.29, 1.82) is 5.26 Å². The molecular formula is C21H28N2O3. The summed E-state index contributed by atoms with van der Waals surface area (Å²) in [7, 11) is 1.57. The molecule has 1 aromatic carbocycles. The molecule has 2 atom stereocenters. The van der Waals surface area contributed by atoms with Gasteiger partial charge in [0.15, 0.2) is 11.5 Å². The molecule has 1 aromatic rings. The van der Waals surface area contributed by atoms with Gasteiger partial charge in [-0.25, -0.2) is 0 Å². The Morgan fingerprint density at radius 2 is 2.08 bits per heavy atom. The highest BCUT2D eigenvalue weighted by Gasteiger charge is 2.24. The van der Waals surface area contributed by atoms with Gasteiger partial charge < -0.3 is 14.8 Å². The van der Waals surface area contributed by atoms with E-state index < -0.39 is 0 Å². The van der Waals surface area contributed by atoms with Gasteiger partial charge in [0.05, 0.1) is 13.2 Å². The fourth-order valence-electron chi connectivity index (χ4n) is 3.25. The Labute approximate surface area is 156 Å². The lowest BCUT2D eigenvalue weighted by molar-refractivity contribution is -0.118. The summed E-state index contributed by atoms with van der Waals surface area (Å²) in [5.74, 6) is 1.22. The highest BCUT2D eigenvalue weighted by Crippen LogP contribution is 2.33. The van der Waals surface area contributed by atoms with Gasteiger partial charge in [-0.2, -0.15) is 5.26 Å². The average molecular weight is 356 g/mol. The number of nitriles is 1. The number of benzene rings is 1. The number of hydrogen-bond donors (Lipinski definition) is 1. The molecule has 1 N–H and O–H groups in total. The molecule has 0 aliphatic heterocycles. The van der Waals surface area contributed by atoms with Crippen LogP contribution in [0.4, 0.5) is 0 Å². The molecule has 0 unspecified atom stereocenters. The molecule has 26 heavy (non-hydrogen) atoms. The van der Waals surface area contributed by atoms with E-state index >= 15 is 0 Å². The molecule has 0 saturated heterocycles. The Hall–Kier alpha value is -2.48. The van der Waals surface area contributed by atoms with Crippen molar-refractivity contribution in [1.82, 2.24) is 5.32 Å². The molecule has 140 valence electrons. The van der Waals surface area contributed by atoms with E-state index in [1.807, 2.05) is 32.0 Å². The summed E-state index contributed by atoms with van der Waals surface area (Å²) < 4.78 is 11.2. The normalized spacial score (nSPS) is 20.4. The number of nitrogens with zero attached hydrogens (tertiary/aromatic N) is 1. The Kier molecular flexibility index (Phi) is 7.08. The van der Waals surface area contributed by atoms with E-state index in [-0.39, 0.29) is 23.6 Å². The van der Waals surface area contributed by atoms with Crippen molar-refractivity contribution in [3.8, 4) is 17.6 Å². The highest BCUT2D eigenvalue weighted by atomic mass is 16.5. The number of para-hydroxylation sites is 1. The van der Waals surface area contributed by atoms with Crippen LogP contribution in [0, 0.1) is 17.2 Å². The number of hydrogen-bond acceptors (Lipinski definition) is 4. The molecule has 0 spiro atoms. The van der Waals surface area contributed by atoms with Gasteiger partial charge in [0.2, 0.25) is 0 Å².